The number of carbonyl (C=O) groups is 1. The van der Waals surface area contributed by atoms with Gasteiger partial charge in [0, 0.05) is 5.92 Å². The molecule has 34 heavy (non-hydrogen) atoms. The van der Waals surface area contributed by atoms with E-state index >= 15 is 0 Å². The summed E-state index contributed by atoms with van der Waals surface area (Å²) in [7, 11) is -1.64. The molecule has 0 aliphatic carbocycles. The van der Waals surface area contributed by atoms with E-state index in [1.807, 2.05) is 11.5 Å². The second-order valence-corrected chi connectivity index (χ2v) is 8.90. The monoisotopic (exact) mass is 492 g/mol. The summed E-state index contributed by atoms with van der Waals surface area (Å²) in [5.41, 5.74) is 6.91. The molecule has 1 aromatic carbocycles. The fourth-order valence-electron chi connectivity index (χ4n) is 3.65. The van der Waals surface area contributed by atoms with Gasteiger partial charge in [-0.1, -0.05) is 6.92 Å². The van der Waals surface area contributed by atoms with Crippen LogP contribution in [0.1, 0.15) is 26.5 Å². The van der Waals surface area contributed by atoms with Crippen molar-refractivity contribution in [3.05, 3.63) is 36.4 Å². The zero-order valence-electron chi connectivity index (χ0n) is 18.8. The van der Waals surface area contributed by atoms with E-state index in [9.17, 15) is 9.18 Å². The molecule has 0 amide bonds. The summed E-state index contributed by atoms with van der Waals surface area (Å²) in [5, 5.41) is 2.90. The average molecular weight is 492 g/mol. The summed E-state index contributed by atoms with van der Waals surface area (Å²) >= 11 is 0. The van der Waals surface area contributed by atoms with E-state index in [2.05, 4.69) is 27.0 Å². The number of halogens is 1. The Kier molecular flexibility index (Phi) is 7.84. The molecule has 0 radical (unpaired) electrons. The molecule has 0 saturated carbocycles. The summed E-state index contributed by atoms with van der Waals surface area (Å²) in [6, 6.07) is 5.57. The number of imidazole rings is 1. The normalized spacial score (nSPS) is 21.0. The van der Waals surface area contributed by atoms with Crippen molar-refractivity contribution in [1.82, 2.24) is 24.6 Å². The van der Waals surface area contributed by atoms with Crippen molar-refractivity contribution in [3.8, 4) is 11.6 Å². The number of nitrogens with one attached hydrogen (secondary N) is 1. The lowest BCUT2D eigenvalue weighted by molar-refractivity contribution is -0.106. The largest absolute Gasteiger partial charge is 0.476 e. The van der Waals surface area contributed by atoms with Gasteiger partial charge >= 0.3 is 8.53 Å². The van der Waals surface area contributed by atoms with Crippen molar-refractivity contribution < 1.29 is 27.7 Å². The van der Waals surface area contributed by atoms with E-state index in [0.29, 0.717) is 35.7 Å². The Morgan fingerprint density at radius 2 is 2.15 bits per heavy atom. The minimum absolute atomic E-state index is 0.0573. The molecule has 182 valence electrons. The van der Waals surface area contributed by atoms with E-state index in [1.54, 1.807) is 6.33 Å². The maximum absolute atomic E-state index is 13.2. The number of hydrogen-bond donors (Lipinski definition) is 2. The van der Waals surface area contributed by atoms with Gasteiger partial charge in [-0.15, -0.1) is 0 Å². The Labute approximate surface area is 196 Å². The molecule has 4 unspecified atom stereocenters. The number of fused-ring (bicyclic) bond motifs is 1. The van der Waals surface area contributed by atoms with Crippen LogP contribution in [0.3, 0.4) is 0 Å². The van der Waals surface area contributed by atoms with Crippen LogP contribution < -0.4 is 20.1 Å². The highest BCUT2D eigenvalue weighted by molar-refractivity contribution is 7.45. The Morgan fingerprint density at radius 1 is 1.35 bits per heavy atom. The fourth-order valence-corrected chi connectivity index (χ4v) is 4.70. The van der Waals surface area contributed by atoms with Crippen molar-refractivity contribution in [2.45, 2.75) is 32.6 Å². The maximum atomic E-state index is 13.2. The molecule has 1 saturated heterocycles. The number of aldehydes is 1. The quantitative estimate of drug-likeness (QED) is 0.304. The number of carbonyl (C=O) groups excluding carboxylic acids is 1. The molecule has 4 rings (SSSR count). The summed E-state index contributed by atoms with van der Waals surface area (Å²) in [6.45, 7) is 4.63. The Bertz CT molecular complexity index is 1120. The standard InChI is InChI=1S/C21H26FN6O5P/c1-3-30-19-17-18(26-21(23)27-19)28(12-24-17)20-13(2)10-16(32-20)11-31-34(25-8-9-29)33-15-6-4-14(22)5-7-15/h4-7,9,12-13,16,20,25H,3,8,10-11H2,1-2H3,(H2,23,26,27). The molecule has 3 heterocycles. The minimum Gasteiger partial charge on any atom is -0.476 e. The van der Waals surface area contributed by atoms with Crippen LogP contribution in [0.25, 0.3) is 11.2 Å². The first-order valence-electron chi connectivity index (χ1n) is 10.8. The molecule has 1 fully saturated rings. The van der Waals surface area contributed by atoms with E-state index in [-0.39, 0.29) is 43.2 Å². The summed E-state index contributed by atoms with van der Waals surface area (Å²) in [5.74, 6) is 0.610. The molecule has 13 heteroatoms. The first kappa shape index (κ1) is 24.2. The third kappa shape index (κ3) is 5.58. The van der Waals surface area contributed by atoms with Gasteiger partial charge in [-0.05, 0) is 37.6 Å². The van der Waals surface area contributed by atoms with E-state index in [0.717, 1.165) is 6.42 Å². The predicted molar refractivity (Wildman–Crippen MR) is 123 cm³/mol. The molecule has 1 aliphatic rings. The van der Waals surface area contributed by atoms with Crippen LogP contribution in [0.5, 0.6) is 11.6 Å². The van der Waals surface area contributed by atoms with E-state index in [1.165, 1.54) is 24.3 Å². The number of benzene rings is 1. The molecule has 0 spiro atoms. The number of nitrogens with two attached hydrogens (primary N) is 1. The third-order valence-corrected chi connectivity index (χ3v) is 6.30. The lowest BCUT2D eigenvalue weighted by Gasteiger charge is -2.20. The molecular formula is C21H26FN6O5P. The van der Waals surface area contributed by atoms with Gasteiger partial charge < -0.3 is 29.0 Å². The van der Waals surface area contributed by atoms with Gasteiger partial charge in [0.2, 0.25) is 11.8 Å². The second-order valence-electron chi connectivity index (χ2n) is 7.63. The molecule has 11 nitrogen and oxygen atoms in total. The molecule has 4 atom stereocenters. The predicted octanol–water partition coefficient (Wildman–Crippen LogP) is 2.98. The lowest BCUT2D eigenvalue weighted by Crippen LogP contribution is -2.20. The summed E-state index contributed by atoms with van der Waals surface area (Å²) < 4.78 is 38.4. The van der Waals surface area contributed by atoms with Crippen LogP contribution in [0.15, 0.2) is 30.6 Å². The number of hydrogen-bond acceptors (Lipinski definition) is 10. The van der Waals surface area contributed by atoms with Crippen LogP contribution in [0.2, 0.25) is 0 Å². The number of aromatic nitrogens is 4. The van der Waals surface area contributed by atoms with Crippen LogP contribution >= 0.6 is 8.53 Å². The van der Waals surface area contributed by atoms with Gasteiger partial charge in [-0.25, -0.2) is 14.5 Å². The summed E-state index contributed by atoms with van der Waals surface area (Å²) in [6.07, 6.45) is 2.50. The van der Waals surface area contributed by atoms with E-state index < -0.39 is 8.53 Å². The first-order chi connectivity index (χ1) is 16.5. The van der Waals surface area contributed by atoms with Crippen LogP contribution in [0, 0.1) is 11.7 Å². The maximum Gasteiger partial charge on any atom is 0.318 e. The third-order valence-electron chi connectivity index (χ3n) is 5.10. The number of nitrogens with zero attached hydrogens (tertiary/aromatic N) is 4. The van der Waals surface area contributed by atoms with Gasteiger partial charge in [0.05, 0.1) is 32.2 Å². The number of ether oxygens (including phenoxy) is 2. The highest BCUT2D eigenvalue weighted by Gasteiger charge is 2.35. The van der Waals surface area contributed by atoms with Gasteiger partial charge in [0.15, 0.2) is 11.2 Å². The van der Waals surface area contributed by atoms with Crippen molar-refractivity contribution in [2.75, 3.05) is 25.5 Å². The fraction of sp³-hybridized carbons (Fsp3) is 0.429. The van der Waals surface area contributed by atoms with Crippen molar-refractivity contribution in [3.63, 3.8) is 0 Å². The first-order valence-corrected chi connectivity index (χ1v) is 12.0. The molecule has 3 aromatic rings. The molecule has 0 bridgehead atoms. The molecule has 1 aliphatic heterocycles. The smallest absolute Gasteiger partial charge is 0.318 e. The minimum atomic E-state index is -1.64. The van der Waals surface area contributed by atoms with Gasteiger partial charge in [-0.2, -0.15) is 9.97 Å². The van der Waals surface area contributed by atoms with E-state index in [4.69, 9.17) is 24.3 Å². The van der Waals surface area contributed by atoms with Crippen LogP contribution in [-0.2, 0) is 14.1 Å². The highest BCUT2D eigenvalue weighted by Crippen LogP contribution is 2.40. The molecule has 2 aromatic heterocycles. The lowest BCUT2D eigenvalue weighted by atomic mass is 10.1. The van der Waals surface area contributed by atoms with Crippen LogP contribution in [0.4, 0.5) is 10.3 Å². The Morgan fingerprint density at radius 3 is 2.88 bits per heavy atom. The second kappa shape index (κ2) is 11.0. The zero-order valence-corrected chi connectivity index (χ0v) is 19.7. The van der Waals surface area contributed by atoms with Crippen molar-refractivity contribution in [1.29, 1.82) is 0 Å². The van der Waals surface area contributed by atoms with Crippen molar-refractivity contribution in [2.24, 2.45) is 5.92 Å². The zero-order chi connectivity index (χ0) is 24.1. The van der Waals surface area contributed by atoms with Gasteiger partial charge in [0.25, 0.3) is 0 Å². The highest BCUT2D eigenvalue weighted by atomic mass is 31.2. The molecular weight excluding hydrogens is 466 g/mol. The topological polar surface area (TPSA) is 136 Å². The average Bonchev–Trinajstić information content (AvgIpc) is 3.40. The summed E-state index contributed by atoms with van der Waals surface area (Å²) in [4.78, 5) is 23.7. The number of rotatable bonds is 11. The van der Waals surface area contributed by atoms with Crippen molar-refractivity contribution >= 4 is 31.9 Å². The SMILES string of the molecule is CCOc1nc(N)nc2c1ncn2C1OC(COP(NCC=O)Oc2ccc(F)cc2)CC1C. The van der Waals surface area contributed by atoms with Gasteiger partial charge in [-0.3, -0.25) is 4.57 Å². The Balaban J connectivity index is 1.43. The number of nitrogen functional groups attached to an aromatic ring is 1. The number of anilines is 1. The van der Waals surface area contributed by atoms with Crippen LogP contribution in [-0.4, -0.2) is 51.7 Å². The molecule has 3 N–H and O–H groups in total. The van der Waals surface area contributed by atoms with Gasteiger partial charge in [0.1, 0.15) is 24.1 Å². The Hall–Kier alpha value is -2.92.